The molecule has 1 aliphatic rings. The quantitative estimate of drug-likeness (QED) is 0.838. The molecule has 0 saturated heterocycles. The molecule has 2 N–H and O–H groups in total. The van der Waals surface area contributed by atoms with E-state index in [4.69, 9.17) is 11.0 Å². The molecule has 0 radical (unpaired) electrons. The number of aromatic nitrogens is 1. The zero-order valence-electron chi connectivity index (χ0n) is 9.06. The van der Waals surface area contributed by atoms with E-state index in [1.165, 1.54) is 0 Å². The fourth-order valence-electron chi connectivity index (χ4n) is 2.22. The molecule has 16 heavy (non-hydrogen) atoms. The lowest BCUT2D eigenvalue weighted by Crippen LogP contribution is -2.41. The van der Waals surface area contributed by atoms with Crippen molar-refractivity contribution in [3.8, 4) is 6.07 Å². The van der Waals surface area contributed by atoms with Crippen LogP contribution in [-0.4, -0.2) is 16.3 Å². The van der Waals surface area contributed by atoms with E-state index in [9.17, 15) is 0 Å². The van der Waals surface area contributed by atoms with E-state index in [1.807, 2.05) is 11.6 Å². The van der Waals surface area contributed by atoms with Gasteiger partial charge in [-0.1, -0.05) is 18.2 Å². The molecule has 0 aliphatic heterocycles. The zero-order valence-corrected chi connectivity index (χ0v) is 10.7. The molecule has 0 amide bonds. The number of thiazole rings is 1. The standard InChI is InChI=1S/C11H15N3S2/c12-8-11(13)4-1-2-9(11)3-6-15-10-14-5-7-16-10/h5,7,9H,1-4,6,13H2. The molecule has 1 aliphatic carbocycles. The van der Waals surface area contributed by atoms with Gasteiger partial charge in [-0.05, 0) is 25.2 Å². The predicted molar refractivity (Wildman–Crippen MR) is 67.3 cm³/mol. The van der Waals surface area contributed by atoms with Crippen LogP contribution in [0.2, 0.25) is 0 Å². The number of nitriles is 1. The third-order valence-electron chi connectivity index (χ3n) is 3.18. The number of hydrogen-bond donors (Lipinski definition) is 1. The Morgan fingerprint density at radius 2 is 2.62 bits per heavy atom. The third-order valence-corrected chi connectivity index (χ3v) is 5.18. The average molecular weight is 253 g/mol. The fourth-order valence-corrected chi connectivity index (χ4v) is 3.98. The topological polar surface area (TPSA) is 62.7 Å². The Labute approximate surface area is 104 Å². The van der Waals surface area contributed by atoms with Crippen LogP contribution in [0.4, 0.5) is 0 Å². The van der Waals surface area contributed by atoms with Crippen LogP contribution in [0.15, 0.2) is 15.9 Å². The first kappa shape index (κ1) is 11.9. The van der Waals surface area contributed by atoms with Gasteiger partial charge in [0.15, 0.2) is 0 Å². The Hall–Kier alpha value is -0.570. The molecular weight excluding hydrogens is 238 g/mol. The first-order valence-electron chi connectivity index (χ1n) is 5.47. The maximum absolute atomic E-state index is 9.09. The lowest BCUT2D eigenvalue weighted by atomic mass is 9.88. The van der Waals surface area contributed by atoms with Crippen molar-refractivity contribution in [1.29, 1.82) is 5.26 Å². The lowest BCUT2D eigenvalue weighted by Gasteiger charge is -2.23. The van der Waals surface area contributed by atoms with Gasteiger partial charge in [0.2, 0.25) is 0 Å². The smallest absolute Gasteiger partial charge is 0.149 e. The van der Waals surface area contributed by atoms with Crippen LogP contribution in [0.5, 0.6) is 0 Å². The molecule has 2 unspecified atom stereocenters. The summed E-state index contributed by atoms with van der Waals surface area (Å²) < 4.78 is 1.11. The number of hydrogen-bond acceptors (Lipinski definition) is 5. The highest BCUT2D eigenvalue weighted by Gasteiger charge is 2.39. The molecule has 0 bridgehead atoms. The molecule has 5 heteroatoms. The molecule has 1 fully saturated rings. The van der Waals surface area contributed by atoms with Crippen LogP contribution < -0.4 is 5.73 Å². The maximum atomic E-state index is 9.09. The summed E-state index contributed by atoms with van der Waals surface area (Å²) in [5.41, 5.74) is 5.51. The number of thioether (sulfide) groups is 1. The van der Waals surface area contributed by atoms with Crippen LogP contribution in [0.25, 0.3) is 0 Å². The summed E-state index contributed by atoms with van der Waals surface area (Å²) in [6.45, 7) is 0. The second-order valence-corrected chi connectivity index (χ2v) is 6.41. The van der Waals surface area contributed by atoms with Crippen LogP contribution in [0.1, 0.15) is 25.7 Å². The molecule has 1 saturated carbocycles. The SMILES string of the molecule is N#CC1(N)CCCC1CCSc1nccs1. The van der Waals surface area contributed by atoms with Crippen LogP contribution in [0, 0.1) is 17.2 Å². The van der Waals surface area contributed by atoms with E-state index in [2.05, 4.69) is 11.1 Å². The third kappa shape index (κ3) is 2.57. The Morgan fingerprint density at radius 1 is 1.75 bits per heavy atom. The second kappa shape index (κ2) is 5.17. The minimum absolute atomic E-state index is 0.366. The molecule has 0 spiro atoms. The number of nitrogens with zero attached hydrogens (tertiary/aromatic N) is 2. The Morgan fingerprint density at radius 3 is 3.31 bits per heavy atom. The average Bonchev–Trinajstić information content (AvgIpc) is 2.90. The van der Waals surface area contributed by atoms with E-state index >= 15 is 0 Å². The van der Waals surface area contributed by atoms with Gasteiger partial charge in [0.25, 0.3) is 0 Å². The summed E-state index contributed by atoms with van der Waals surface area (Å²) in [6, 6.07) is 2.29. The van der Waals surface area contributed by atoms with E-state index in [1.54, 1.807) is 23.1 Å². The molecule has 86 valence electrons. The summed E-state index contributed by atoms with van der Waals surface area (Å²) in [6.07, 6.45) is 5.90. The number of rotatable bonds is 4. The Kier molecular flexibility index (Phi) is 3.85. The van der Waals surface area contributed by atoms with E-state index < -0.39 is 5.54 Å². The molecule has 1 aromatic rings. The summed E-state index contributed by atoms with van der Waals surface area (Å²) in [5, 5.41) is 11.1. The van der Waals surface area contributed by atoms with Gasteiger partial charge < -0.3 is 5.73 Å². The highest BCUT2D eigenvalue weighted by molar-refractivity contribution is 8.00. The Bertz CT molecular complexity index is 371. The first-order chi connectivity index (χ1) is 7.74. The van der Waals surface area contributed by atoms with Gasteiger partial charge in [-0.3, -0.25) is 0 Å². The minimum Gasteiger partial charge on any atom is -0.313 e. The van der Waals surface area contributed by atoms with Crippen LogP contribution >= 0.6 is 23.1 Å². The molecule has 1 heterocycles. The molecular formula is C11H15N3S2. The largest absolute Gasteiger partial charge is 0.313 e. The van der Waals surface area contributed by atoms with Gasteiger partial charge in [-0.15, -0.1) is 11.3 Å². The van der Waals surface area contributed by atoms with Crippen molar-refractivity contribution in [2.75, 3.05) is 5.75 Å². The highest BCUT2D eigenvalue weighted by Crippen LogP contribution is 2.37. The van der Waals surface area contributed by atoms with Gasteiger partial charge in [0.1, 0.15) is 9.88 Å². The summed E-state index contributed by atoms with van der Waals surface area (Å²) in [5.74, 6) is 1.38. The van der Waals surface area contributed by atoms with Crippen LogP contribution in [0.3, 0.4) is 0 Å². The maximum Gasteiger partial charge on any atom is 0.149 e. The molecule has 1 aromatic heterocycles. The van der Waals surface area contributed by atoms with Crippen molar-refractivity contribution < 1.29 is 0 Å². The van der Waals surface area contributed by atoms with Gasteiger partial charge in [-0.25, -0.2) is 4.98 Å². The van der Waals surface area contributed by atoms with Crippen molar-refractivity contribution >= 4 is 23.1 Å². The van der Waals surface area contributed by atoms with E-state index in [0.717, 1.165) is 35.8 Å². The monoisotopic (exact) mass is 253 g/mol. The normalized spacial score (nSPS) is 29.1. The van der Waals surface area contributed by atoms with Gasteiger partial charge >= 0.3 is 0 Å². The van der Waals surface area contributed by atoms with E-state index in [0.29, 0.717) is 5.92 Å². The highest BCUT2D eigenvalue weighted by atomic mass is 32.2. The summed E-state index contributed by atoms with van der Waals surface area (Å²) >= 11 is 3.43. The fraction of sp³-hybridized carbons (Fsp3) is 0.636. The van der Waals surface area contributed by atoms with E-state index in [-0.39, 0.29) is 0 Å². The molecule has 0 aromatic carbocycles. The first-order valence-corrected chi connectivity index (χ1v) is 7.33. The summed E-state index contributed by atoms with van der Waals surface area (Å²) in [7, 11) is 0. The minimum atomic E-state index is -0.566. The van der Waals surface area contributed by atoms with Crippen molar-refractivity contribution in [2.45, 2.75) is 35.6 Å². The van der Waals surface area contributed by atoms with Crippen molar-refractivity contribution in [3.63, 3.8) is 0 Å². The molecule has 3 nitrogen and oxygen atoms in total. The number of nitrogens with two attached hydrogens (primary N) is 1. The van der Waals surface area contributed by atoms with Crippen LogP contribution in [-0.2, 0) is 0 Å². The molecule has 2 rings (SSSR count). The summed E-state index contributed by atoms with van der Waals surface area (Å²) in [4.78, 5) is 4.22. The molecule has 2 atom stereocenters. The zero-order chi connectivity index (χ0) is 11.4. The van der Waals surface area contributed by atoms with Crippen molar-refractivity contribution in [3.05, 3.63) is 11.6 Å². The Balaban J connectivity index is 1.80. The lowest BCUT2D eigenvalue weighted by molar-refractivity contribution is 0.389. The van der Waals surface area contributed by atoms with Crippen molar-refractivity contribution in [2.24, 2.45) is 11.7 Å². The van der Waals surface area contributed by atoms with Crippen molar-refractivity contribution in [1.82, 2.24) is 4.98 Å². The van der Waals surface area contributed by atoms with Gasteiger partial charge in [0, 0.05) is 17.3 Å². The van der Waals surface area contributed by atoms with Gasteiger partial charge in [-0.2, -0.15) is 5.26 Å². The van der Waals surface area contributed by atoms with Gasteiger partial charge in [0.05, 0.1) is 6.07 Å². The second-order valence-electron chi connectivity index (χ2n) is 4.18. The predicted octanol–water partition coefficient (Wildman–Crippen LogP) is 2.65.